The number of ether oxygens (including phenoxy) is 1. The van der Waals surface area contributed by atoms with Crippen molar-refractivity contribution in [2.75, 3.05) is 18.5 Å². The fraction of sp³-hybridized carbons (Fsp3) is 0.333. The molecule has 0 bridgehead atoms. The molecule has 20 heavy (non-hydrogen) atoms. The molecule has 1 aliphatic rings. The zero-order valence-corrected chi connectivity index (χ0v) is 12.1. The minimum absolute atomic E-state index is 0.0309. The summed E-state index contributed by atoms with van der Waals surface area (Å²) in [6, 6.07) is 10.00. The molecule has 1 aromatic heterocycles. The molecule has 0 saturated carbocycles. The summed E-state index contributed by atoms with van der Waals surface area (Å²) in [5.74, 6) is 0.00513. The molecule has 1 aromatic carbocycles. The molecule has 1 aliphatic heterocycles. The topological polar surface area (TPSA) is 51.2 Å². The standard InChI is InChI=1S/C15H16N2O2S/c1-10-14(17-13(18)12-7-8-19-9-12)20-15(16-10)11-5-3-2-4-6-11/h2-6,12H,7-9H2,1H3,(H,17,18)/t12-/m0/s1. The van der Waals surface area contributed by atoms with Crippen LogP contribution in [0.15, 0.2) is 30.3 Å². The van der Waals surface area contributed by atoms with Crippen molar-refractivity contribution in [1.29, 1.82) is 0 Å². The van der Waals surface area contributed by atoms with Crippen LogP contribution in [0.4, 0.5) is 5.00 Å². The summed E-state index contributed by atoms with van der Waals surface area (Å²) in [7, 11) is 0. The molecule has 2 aromatic rings. The third-order valence-electron chi connectivity index (χ3n) is 3.35. The van der Waals surface area contributed by atoms with Crippen LogP contribution in [-0.4, -0.2) is 24.1 Å². The van der Waals surface area contributed by atoms with Crippen molar-refractivity contribution < 1.29 is 9.53 Å². The van der Waals surface area contributed by atoms with Gasteiger partial charge in [0.05, 0.1) is 18.2 Å². The summed E-state index contributed by atoms with van der Waals surface area (Å²) in [6.07, 6.45) is 0.801. The lowest BCUT2D eigenvalue weighted by Crippen LogP contribution is -2.22. The van der Waals surface area contributed by atoms with E-state index in [-0.39, 0.29) is 11.8 Å². The van der Waals surface area contributed by atoms with Crippen LogP contribution in [0.25, 0.3) is 10.6 Å². The summed E-state index contributed by atoms with van der Waals surface area (Å²) in [5.41, 5.74) is 1.94. The lowest BCUT2D eigenvalue weighted by molar-refractivity contribution is -0.119. The minimum atomic E-state index is -0.0309. The Morgan fingerprint density at radius 2 is 2.20 bits per heavy atom. The number of carbonyl (C=O) groups excluding carboxylic acids is 1. The Kier molecular flexibility index (Phi) is 3.80. The van der Waals surface area contributed by atoms with E-state index in [4.69, 9.17) is 4.74 Å². The van der Waals surface area contributed by atoms with Crippen molar-refractivity contribution in [2.24, 2.45) is 5.92 Å². The first-order chi connectivity index (χ1) is 9.74. The number of aryl methyl sites for hydroxylation is 1. The number of thiazole rings is 1. The summed E-state index contributed by atoms with van der Waals surface area (Å²) in [5, 5.41) is 4.74. The average molecular weight is 288 g/mol. The van der Waals surface area contributed by atoms with Gasteiger partial charge in [0, 0.05) is 12.2 Å². The van der Waals surface area contributed by atoms with Gasteiger partial charge < -0.3 is 10.1 Å². The van der Waals surface area contributed by atoms with Gasteiger partial charge in [0.25, 0.3) is 0 Å². The first-order valence-electron chi connectivity index (χ1n) is 6.65. The Morgan fingerprint density at radius 3 is 2.90 bits per heavy atom. The first-order valence-corrected chi connectivity index (χ1v) is 7.47. The van der Waals surface area contributed by atoms with E-state index in [1.54, 1.807) is 0 Å². The average Bonchev–Trinajstić information content (AvgIpc) is 3.10. The second-order valence-electron chi connectivity index (χ2n) is 4.85. The number of hydrogen-bond donors (Lipinski definition) is 1. The number of hydrogen-bond acceptors (Lipinski definition) is 4. The molecule has 104 valence electrons. The largest absolute Gasteiger partial charge is 0.381 e. The third kappa shape index (κ3) is 2.73. The number of anilines is 1. The molecular formula is C15H16N2O2S. The van der Waals surface area contributed by atoms with Gasteiger partial charge in [-0.05, 0) is 13.3 Å². The molecule has 5 heteroatoms. The monoisotopic (exact) mass is 288 g/mol. The molecule has 3 rings (SSSR count). The van der Waals surface area contributed by atoms with Crippen LogP contribution < -0.4 is 5.32 Å². The number of carbonyl (C=O) groups is 1. The van der Waals surface area contributed by atoms with E-state index in [2.05, 4.69) is 10.3 Å². The lowest BCUT2D eigenvalue weighted by atomic mass is 10.1. The van der Waals surface area contributed by atoms with Gasteiger partial charge in [-0.2, -0.15) is 0 Å². The molecule has 0 unspecified atom stereocenters. The van der Waals surface area contributed by atoms with E-state index in [0.29, 0.717) is 13.2 Å². The van der Waals surface area contributed by atoms with Crippen LogP contribution in [0, 0.1) is 12.8 Å². The zero-order valence-electron chi connectivity index (χ0n) is 11.3. The van der Waals surface area contributed by atoms with Crippen molar-refractivity contribution in [1.82, 2.24) is 4.98 Å². The molecule has 0 aliphatic carbocycles. The Labute approximate surface area is 121 Å². The van der Waals surface area contributed by atoms with Gasteiger partial charge in [-0.15, -0.1) is 0 Å². The highest BCUT2D eigenvalue weighted by molar-refractivity contribution is 7.19. The normalized spacial score (nSPS) is 18.1. The van der Waals surface area contributed by atoms with Crippen LogP contribution in [0.5, 0.6) is 0 Å². The van der Waals surface area contributed by atoms with Crippen molar-refractivity contribution >= 4 is 22.2 Å². The van der Waals surface area contributed by atoms with E-state index in [0.717, 1.165) is 27.7 Å². The predicted octanol–water partition coefficient (Wildman–Crippen LogP) is 3.09. The number of rotatable bonds is 3. The van der Waals surface area contributed by atoms with Crippen LogP contribution >= 0.6 is 11.3 Å². The molecule has 0 radical (unpaired) electrons. The van der Waals surface area contributed by atoms with Gasteiger partial charge in [-0.3, -0.25) is 4.79 Å². The summed E-state index contributed by atoms with van der Waals surface area (Å²) in [4.78, 5) is 16.6. The lowest BCUT2D eigenvalue weighted by Gasteiger charge is -2.07. The molecule has 1 fully saturated rings. The van der Waals surface area contributed by atoms with Gasteiger partial charge in [0.2, 0.25) is 5.91 Å². The number of nitrogens with one attached hydrogen (secondary N) is 1. The highest BCUT2D eigenvalue weighted by Gasteiger charge is 2.24. The van der Waals surface area contributed by atoms with E-state index in [1.807, 2.05) is 37.3 Å². The molecule has 1 N–H and O–H groups in total. The molecule has 4 nitrogen and oxygen atoms in total. The first kappa shape index (κ1) is 13.3. The van der Waals surface area contributed by atoms with Gasteiger partial charge >= 0.3 is 0 Å². The second kappa shape index (κ2) is 5.73. The summed E-state index contributed by atoms with van der Waals surface area (Å²) in [6.45, 7) is 3.12. The molecule has 1 saturated heterocycles. The maximum atomic E-state index is 12.1. The number of amides is 1. The molecule has 1 amide bonds. The van der Waals surface area contributed by atoms with Crippen molar-refractivity contribution in [3.05, 3.63) is 36.0 Å². The Hall–Kier alpha value is -1.72. The van der Waals surface area contributed by atoms with Gasteiger partial charge in [-0.1, -0.05) is 41.7 Å². The van der Waals surface area contributed by atoms with Crippen LogP contribution in [-0.2, 0) is 9.53 Å². The quantitative estimate of drug-likeness (QED) is 0.944. The minimum Gasteiger partial charge on any atom is -0.381 e. The number of aromatic nitrogens is 1. The Bertz CT molecular complexity index is 604. The van der Waals surface area contributed by atoms with Crippen molar-refractivity contribution in [3.8, 4) is 10.6 Å². The molecular weight excluding hydrogens is 272 g/mol. The van der Waals surface area contributed by atoms with Gasteiger partial charge in [0.15, 0.2) is 0 Å². The summed E-state index contributed by atoms with van der Waals surface area (Å²) < 4.78 is 5.25. The predicted molar refractivity (Wildman–Crippen MR) is 79.8 cm³/mol. The van der Waals surface area contributed by atoms with Crippen LogP contribution in [0.2, 0.25) is 0 Å². The maximum Gasteiger partial charge on any atom is 0.230 e. The third-order valence-corrected chi connectivity index (χ3v) is 4.48. The number of nitrogens with zero attached hydrogens (tertiary/aromatic N) is 1. The maximum absolute atomic E-state index is 12.1. The zero-order chi connectivity index (χ0) is 13.9. The van der Waals surface area contributed by atoms with E-state index in [9.17, 15) is 4.79 Å². The van der Waals surface area contributed by atoms with E-state index < -0.39 is 0 Å². The Morgan fingerprint density at radius 1 is 1.40 bits per heavy atom. The highest BCUT2D eigenvalue weighted by Crippen LogP contribution is 2.32. The van der Waals surface area contributed by atoms with Crippen molar-refractivity contribution in [2.45, 2.75) is 13.3 Å². The van der Waals surface area contributed by atoms with Crippen LogP contribution in [0.1, 0.15) is 12.1 Å². The molecule has 1 atom stereocenters. The van der Waals surface area contributed by atoms with E-state index >= 15 is 0 Å². The highest BCUT2D eigenvalue weighted by atomic mass is 32.1. The molecule has 0 spiro atoms. The Balaban J connectivity index is 1.77. The smallest absolute Gasteiger partial charge is 0.230 e. The molecule has 2 heterocycles. The van der Waals surface area contributed by atoms with Gasteiger partial charge in [-0.25, -0.2) is 4.98 Å². The SMILES string of the molecule is Cc1nc(-c2ccccc2)sc1NC(=O)[C@H]1CCOC1. The van der Waals surface area contributed by atoms with E-state index in [1.165, 1.54) is 11.3 Å². The van der Waals surface area contributed by atoms with Crippen molar-refractivity contribution in [3.63, 3.8) is 0 Å². The summed E-state index contributed by atoms with van der Waals surface area (Å²) >= 11 is 1.52. The van der Waals surface area contributed by atoms with Crippen LogP contribution in [0.3, 0.4) is 0 Å². The fourth-order valence-electron chi connectivity index (χ4n) is 2.17. The fourth-order valence-corrected chi connectivity index (χ4v) is 3.15. The number of benzene rings is 1. The van der Waals surface area contributed by atoms with Gasteiger partial charge in [0.1, 0.15) is 10.0 Å². The second-order valence-corrected chi connectivity index (χ2v) is 5.85.